The van der Waals surface area contributed by atoms with E-state index in [2.05, 4.69) is 15.5 Å². The Morgan fingerprint density at radius 3 is 2.52 bits per heavy atom. The topological polar surface area (TPSA) is 56.3 Å². The minimum absolute atomic E-state index is 0.148. The van der Waals surface area contributed by atoms with Gasteiger partial charge >= 0.3 is 0 Å². The largest absolute Gasteiger partial charge is 0.494 e. The van der Waals surface area contributed by atoms with Crippen LogP contribution >= 0.6 is 0 Å². The molecule has 0 spiro atoms. The molecule has 5 nitrogen and oxygen atoms in total. The SMILES string of the molecule is CNC(Cc1cccc(OC)c1F)c1ccc(OC)nn1. The third-order valence-corrected chi connectivity index (χ3v) is 3.26. The van der Waals surface area contributed by atoms with Gasteiger partial charge in [0.15, 0.2) is 11.6 Å². The van der Waals surface area contributed by atoms with Crippen molar-refractivity contribution in [2.45, 2.75) is 12.5 Å². The van der Waals surface area contributed by atoms with Crippen LogP contribution in [-0.4, -0.2) is 31.5 Å². The standard InChI is InChI=1S/C15H18FN3O2/c1-17-12(11-7-8-14(21-3)19-18-11)9-10-5-4-6-13(20-2)15(10)16/h4-8,12,17H,9H2,1-3H3. The highest BCUT2D eigenvalue weighted by molar-refractivity contribution is 5.32. The highest BCUT2D eigenvalue weighted by Gasteiger charge is 2.16. The molecule has 0 saturated heterocycles. The Kier molecular flexibility index (Phi) is 5.05. The van der Waals surface area contributed by atoms with Gasteiger partial charge in [0.25, 0.3) is 0 Å². The lowest BCUT2D eigenvalue weighted by molar-refractivity contribution is 0.382. The number of rotatable bonds is 6. The third-order valence-electron chi connectivity index (χ3n) is 3.26. The van der Waals surface area contributed by atoms with E-state index in [1.54, 1.807) is 31.3 Å². The Morgan fingerprint density at radius 1 is 1.14 bits per heavy atom. The van der Waals surface area contributed by atoms with E-state index < -0.39 is 0 Å². The Balaban J connectivity index is 2.22. The predicted molar refractivity (Wildman–Crippen MR) is 77.0 cm³/mol. The van der Waals surface area contributed by atoms with Crippen LogP contribution < -0.4 is 14.8 Å². The lowest BCUT2D eigenvalue weighted by Gasteiger charge is -2.16. The number of nitrogens with zero attached hydrogens (tertiary/aromatic N) is 2. The first-order valence-corrected chi connectivity index (χ1v) is 6.55. The molecule has 112 valence electrons. The van der Waals surface area contributed by atoms with Crippen molar-refractivity contribution in [2.24, 2.45) is 0 Å². The highest BCUT2D eigenvalue weighted by Crippen LogP contribution is 2.24. The average Bonchev–Trinajstić information content (AvgIpc) is 2.54. The van der Waals surface area contributed by atoms with Gasteiger partial charge in [0, 0.05) is 6.07 Å². The van der Waals surface area contributed by atoms with Crippen LogP contribution in [0.4, 0.5) is 4.39 Å². The molecule has 0 aliphatic heterocycles. The van der Waals surface area contributed by atoms with Crippen molar-refractivity contribution in [3.05, 3.63) is 47.4 Å². The zero-order valence-electron chi connectivity index (χ0n) is 12.3. The van der Waals surface area contributed by atoms with Crippen molar-refractivity contribution in [3.8, 4) is 11.6 Å². The first-order chi connectivity index (χ1) is 10.2. The van der Waals surface area contributed by atoms with Gasteiger partial charge in [-0.2, -0.15) is 5.10 Å². The summed E-state index contributed by atoms with van der Waals surface area (Å²) in [7, 11) is 4.78. The van der Waals surface area contributed by atoms with Crippen LogP contribution in [0.15, 0.2) is 30.3 Å². The molecule has 0 aliphatic rings. The van der Waals surface area contributed by atoms with Crippen molar-refractivity contribution >= 4 is 0 Å². The summed E-state index contributed by atoms with van der Waals surface area (Å²) in [5, 5.41) is 11.1. The van der Waals surface area contributed by atoms with E-state index >= 15 is 0 Å². The minimum atomic E-state index is -0.346. The van der Waals surface area contributed by atoms with E-state index in [9.17, 15) is 4.39 Å². The van der Waals surface area contributed by atoms with Gasteiger partial charge in [-0.15, -0.1) is 5.10 Å². The summed E-state index contributed by atoms with van der Waals surface area (Å²) >= 11 is 0. The molecule has 6 heteroatoms. The monoisotopic (exact) mass is 291 g/mol. The van der Waals surface area contributed by atoms with Crippen LogP contribution in [-0.2, 0) is 6.42 Å². The maximum Gasteiger partial charge on any atom is 0.233 e. The van der Waals surface area contributed by atoms with Gasteiger partial charge in [-0.25, -0.2) is 4.39 Å². The van der Waals surface area contributed by atoms with Gasteiger partial charge in [-0.3, -0.25) is 0 Å². The zero-order valence-corrected chi connectivity index (χ0v) is 12.3. The Hall–Kier alpha value is -2.21. The van der Waals surface area contributed by atoms with Crippen molar-refractivity contribution in [1.82, 2.24) is 15.5 Å². The molecule has 1 aromatic carbocycles. The quantitative estimate of drug-likeness (QED) is 0.883. The molecule has 21 heavy (non-hydrogen) atoms. The second-order valence-electron chi connectivity index (χ2n) is 4.48. The molecule has 0 bridgehead atoms. The number of benzene rings is 1. The minimum Gasteiger partial charge on any atom is -0.494 e. The molecule has 2 rings (SSSR count). The van der Waals surface area contributed by atoms with E-state index in [4.69, 9.17) is 9.47 Å². The fourth-order valence-corrected chi connectivity index (χ4v) is 2.07. The molecule has 0 fully saturated rings. The first-order valence-electron chi connectivity index (χ1n) is 6.55. The Morgan fingerprint density at radius 2 is 1.95 bits per heavy atom. The van der Waals surface area contributed by atoms with Crippen LogP contribution in [0.2, 0.25) is 0 Å². The molecule has 1 unspecified atom stereocenters. The number of hydrogen-bond donors (Lipinski definition) is 1. The number of nitrogens with one attached hydrogen (secondary N) is 1. The Bertz CT molecular complexity index is 590. The molecular formula is C15H18FN3O2. The van der Waals surface area contributed by atoms with Crippen LogP contribution in [0.3, 0.4) is 0 Å². The van der Waals surface area contributed by atoms with E-state index in [0.717, 1.165) is 5.69 Å². The average molecular weight is 291 g/mol. The number of likely N-dealkylation sites (N-methyl/N-ethyl adjacent to an activating group) is 1. The van der Waals surface area contributed by atoms with Crippen molar-refractivity contribution < 1.29 is 13.9 Å². The number of hydrogen-bond acceptors (Lipinski definition) is 5. The van der Waals surface area contributed by atoms with Crippen LogP contribution in [0.25, 0.3) is 0 Å². The van der Waals surface area contributed by atoms with E-state index in [0.29, 0.717) is 17.9 Å². The van der Waals surface area contributed by atoms with E-state index in [1.807, 2.05) is 6.07 Å². The molecule has 1 heterocycles. The molecule has 1 aromatic heterocycles. The zero-order chi connectivity index (χ0) is 15.2. The molecule has 2 aromatic rings. The van der Waals surface area contributed by atoms with Gasteiger partial charge in [0.2, 0.25) is 5.88 Å². The predicted octanol–water partition coefficient (Wildman–Crippen LogP) is 2.14. The lowest BCUT2D eigenvalue weighted by atomic mass is 10.0. The lowest BCUT2D eigenvalue weighted by Crippen LogP contribution is -2.21. The van der Waals surface area contributed by atoms with Gasteiger partial charge in [-0.05, 0) is 31.2 Å². The van der Waals surface area contributed by atoms with Gasteiger partial charge in [0.05, 0.1) is 26.0 Å². The fourth-order valence-electron chi connectivity index (χ4n) is 2.07. The fraction of sp³-hybridized carbons (Fsp3) is 0.333. The third kappa shape index (κ3) is 3.46. The van der Waals surface area contributed by atoms with Crippen molar-refractivity contribution in [2.75, 3.05) is 21.3 Å². The molecule has 0 saturated carbocycles. The van der Waals surface area contributed by atoms with Crippen LogP contribution in [0.5, 0.6) is 11.6 Å². The summed E-state index contributed by atoms with van der Waals surface area (Å²) in [6, 6.07) is 8.49. The highest BCUT2D eigenvalue weighted by atomic mass is 19.1. The molecule has 0 radical (unpaired) electrons. The van der Waals surface area contributed by atoms with Gasteiger partial charge in [0.1, 0.15) is 0 Å². The maximum atomic E-state index is 14.2. The number of halogens is 1. The molecule has 0 aliphatic carbocycles. The smallest absolute Gasteiger partial charge is 0.233 e. The molecule has 1 atom stereocenters. The summed E-state index contributed by atoms with van der Waals surface area (Å²) in [6.45, 7) is 0. The van der Waals surface area contributed by atoms with E-state index in [-0.39, 0.29) is 17.6 Å². The summed E-state index contributed by atoms with van der Waals surface area (Å²) in [5.74, 6) is 0.339. The second-order valence-corrected chi connectivity index (χ2v) is 4.48. The van der Waals surface area contributed by atoms with Gasteiger partial charge < -0.3 is 14.8 Å². The summed E-state index contributed by atoms with van der Waals surface area (Å²) in [5.41, 5.74) is 1.28. The molecule has 0 amide bonds. The van der Waals surface area contributed by atoms with E-state index in [1.165, 1.54) is 14.2 Å². The summed E-state index contributed by atoms with van der Waals surface area (Å²) < 4.78 is 24.2. The number of aromatic nitrogens is 2. The first kappa shape index (κ1) is 15.2. The maximum absolute atomic E-state index is 14.2. The van der Waals surface area contributed by atoms with Crippen LogP contribution in [0.1, 0.15) is 17.3 Å². The van der Waals surface area contributed by atoms with Crippen molar-refractivity contribution in [3.63, 3.8) is 0 Å². The molecule has 1 N–H and O–H groups in total. The molecular weight excluding hydrogens is 273 g/mol. The normalized spacial score (nSPS) is 12.0. The van der Waals surface area contributed by atoms with Crippen LogP contribution in [0, 0.1) is 5.82 Å². The number of methoxy groups -OCH3 is 2. The van der Waals surface area contributed by atoms with Gasteiger partial charge in [-0.1, -0.05) is 12.1 Å². The Labute approximate surface area is 123 Å². The second kappa shape index (κ2) is 6.99. The number of ether oxygens (including phenoxy) is 2. The van der Waals surface area contributed by atoms with Crippen molar-refractivity contribution in [1.29, 1.82) is 0 Å². The summed E-state index contributed by atoms with van der Waals surface area (Å²) in [4.78, 5) is 0. The summed E-state index contributed by atoms with van der Waals surface area (Å²) in [6.07, 6.45) is 0.445.